The van der Waals surface area contributed by atoms with E-state index in [1.54, 1.807) is 30.9 Å². The number of aromatic carboxylic acids is 1. The van der Waals surface area contributed by atoms with Gasteiger partial charge in [-0.2, -0.15) is 0 Å². The topological polar surface area (TPSA) is 123 Å². The van der Waals surface area contributed by atoms with Gasteiger partial charge in [-0.05, 0) is 44.9 Å². The SMILES string of the molecule is CCOP(=O)(CC(=O)N(C)CC(=O)N1CCC[C@H]1COc1cc(Br)ccc1C(=O)O)OCC. The molecule has 2 amide bonds. The predicted molar refractivity (Wildman–Crippen MR) is 125 cm³/mol. The molecular weight excluding hydrogens is 519 g/mol. The lowest BCUT2D eigenvalue weighted by molar-refractivity contribution is -0.139. The summed E-state index contributed by atoms with van der Waals surface area (Å²) >= 11 is 3.30. The maximum Gasteiger partial charge on any atom is 0.340 e. The Kier molecular flexibility index (Phi) is 10.3. The number of carboxylic acids is 1. The van der Waals surface area contributed by atoms with E-state index in [1.807, 2.05) is 0 Å². The zero-order valence-corrected chi connectivity index (χ0v) is 21.5. The number of halogens is 1. The standard InChI is InChI=1S/C21H30BrN2O8P/c1-4-31-33(29,32-5-2)14-20(26)23(3)12-19(25)24-10-6-7-16(24)13-30-18-11-15(22)8-9-17(18)21(27)28/h8-9,11,16H,4-7,10,12-14H2,1-3H3,(H,27,28)/t16-/m0/s1. The van der Waals surface area contributed by atoms with Gasteiger partial charge >= 0.3 is 13.6 Å². The monoisotopic (exact) mass is 548 g/mol. The van der Waals surface area contributed by atoms with E-state index < -0.39 is 25.6 Å². The van der Waals surface area contributed by atoms with Crippen molar-refractivity contribution in [2.75, 3.05) is 46.1 Å². The molecule has 1 aliphatic heterocycles. The molecular formula is C21H30BrN2O8P. The van der Waals surface area contributed by atoms with E-state index >= 15 is 0 Å². The lowest BCUT2D eigenvalue weighted by Gasteiger charge is -2.28. The number of carbonyl (C=O) groups excluding carboxylic acids is 2. The molecule has 2 rings (SSSR count). The van der Waals surface area contributed by atoms with E-state index in [0.29, 0.717) is 17.4 Å². The number of benzene rings is 1. The Morgan fingerprint density at radius 3 is 2.52 bits per heavy atom. The minimum absolute atomic E-state index is 0.0347. The number of rotatable bonds is 12. The number of nitrogens with zero attached hydrogens (tertiary/aromatic N) is 2. The van der Waals surface area contributed by atoms with Crippen molar-refractivity contribution in [3.05, 3.63) is 28.2 Å². The fourth-order valence-electron chi connectivity index (χ4n) is 3.51. The van der Waals surface area contributed by atoms with Gasteiger partial charge in [0.1, 0.15) is 24.1 Å². The first-order valence-corrected chi connectivity index (χ1v) is 13.2. The molecule has 0 aliphatic carbocycles. The molecule has 1 N–H and O–H groups in total. The molecule has 1 aromatic rings. The molecule has 0 spiro atoms. The number of carbonyl (C=O) groups is 3. The molecule has 10 nitrogen and oxygen atoms in total. The Labute approximate surface area is 201 Å². The maximum absolute atomic E-state index is 12.9. The van der Waals surface area contributed by atoms with Crippen LogP contribution in [0.1, 0.15) is 37.0 Å². The van der Waals surface area contributed by atoms with Crippen LogP contribution in [-0.4, -0.2) is 84.9 Å². The molecule has 0 radical (unpaired) electrons. The number of likely N-dealkylation sites (N-methyl/N-ethyl adjacent to an activating group) is 1. The van der Waals surface area contributed by atoms with Gasteiger partial charge in [0.25, 0.3) is 0 Å². The molecule has 1 atom stereocenters. The second kappa shape index (κ2) is 12.5. The van der Waals surface area contributed by atoms with Crippen molar-refractivity contribution in [1.29, 1.82) is 0 Å². The zero-order chi connectivity index (χ0) is 24.6. The highest BCUT2D eigenvalue weighted by Gasteiger charge is 2.33. The van der Waals surface area contributed by atoms with Crippen molar-refractivity contribution in [1.82, 2.24) is 9.80 Å². The summed E-state index contributed by atoms with van der Waals surface area (Å²) in [6.07, 6.45) is 1.03. The van der Waals surface area contributed by atoms with Crippen LogP contribution in [0, 0.1) is 0 Å². The quantitative estimate of drug-likeness (QED) is 0.395. The highest BCUT2D eigenvalue weighted by Crippen LogP contribution is 2.47. The third-order valence-corrected chi connectivity index (χ3v) is 7.54. The first-order chi connectivity index (χ1) is 15.6. The van der Waals surface area contributed by atoms with Gasteiger partial charge < -0.3 is 28.7 Å². The van der Waals surface area contributed by atoms with Gasteiger partial charge in [0, 0.05) is 18.1 Å². The second-order valence-electron chi connectivity index (χ2n) is 7.49. The van der Waals surface area contributed by atoms with Crippen LogP contribution in [0.3, 0.4) is 0 Å². The number of carboxylic acid groups (broad SMARTS) is 1. The summed E-state index contributed by atoms with van der Waals surface area (Å²) in [6, 6.07) is 4.39. The summed E-state index contributed by atoms with van der Waals surface area (Å²) in [4.78, 5) is 39.7. The Balaban J connectivity index is 1.98. The van der Waals surface area contributed by atoms with E-state index in [0.717, 1.165) is 6.42 Å². The van der Waals surface area contributed by atoms with Crippen LogP contribution in [0.25, 0.3) is 0 Å². The Morgan fingerprint density at radius 2 is 1.91 bits per heavy atom. The Morgan fingerprint density at radius 1 is 1.24 bits per heavy atom. The van der Waals surface area contributed by atoms with E-state index in [4.69, 9.17) is 13.8 Å². The van der Waals surface area contributed by atoms with Crippen LogP contribution in [-0.2, 0) is 23.2 Å². The third kappa shape index (κ3) is 7.81. The number of hydrogen-bond donors (Lipinski definition) is 1. The molecule has 1 fully saturated rings. The summed E-state index contributed by atoms with van der Waals surface area (Å²) in [6.45, 7) is 4.05. The molecule has 1 aliphatic rings. The summed E-state index contributed by atoms with van der Waals surface area (Å²) in [5.74, 6) is -1.67. The number of likely N-dealkylation sites (tertiary alicyclic amines) is 1. The number of hydrogen-bond acceptors (Lipinski definition) is 7. The van der Waals surface area contributed by atoms with E-state index in [-0.39, 0.29) is 49.6 Å². The second-order valence-corrected chi connectivity index (χ2v) is 10.5. The van der Waals surface area contributed by atoms with Crippen LogP contribution in [0.2, 0.25) is 0 Å². The summed E-state index contributed by atoms with van der Waals surface area (Å²) in [7, 11) is -2.10. The third-order valence-electron chi connectivity index (χ3n) is 5.08. The first-order valence-electron chi connectivity index (χ1n) is 10.7. The van der Waals surface area contributed by atoms with Gasteiger partial charge in [-0.3, -0.25) is 14.2 Å². The van der Waals surface area contributed by atoms with Crippen molar-refractivity contribution in [3.63, 3.8) is 0 Å². The molecule has 0 aromatic heterocycles. The van der Waals surface area contributed by atoms with Gasteiger partial charge in [0.2, 0.25) is 11.8 Å². The van der Waals surface area contributed by atoms with Crippen LogP contribution >= 0.6 is 23.5 Å². The molecule has 0 unspecified atom stereocenters. The lowest BCUT2D eigenvalue weighted by Crippen LogP contribution is -2.45. The first kappa shape index (κ1) is 27.3. The van der Waals surface area contributed by atoms with Crippen molar-refractivity contribution in [2.45, 2.75) is 32.7 Å². The number of ether oxygens (including phenoxy) is 1. The highest BCUT2D eigenvalue weighted by molar-refractivity contribution is 9.10. The van der Waals surface area contributed by atoms with Gasteiger partial charge in [-0.25, -0.2) is 4.79 Å². The molecule has 33 heavy (non-hydrogen) atoms. The smallest absolute Gasteiger partial charge is 0.340 e. The number of amides is 2. The fraction of sp³-hybridized carbons (Fsp3) is 0.571. The largest absolute Gasteiger partial charge is 0.490 e. The maximum atomic E-state index is 12.9. The van der Waals surface area contributed by atoms with Crippen LogP contribution in [0.15, 0.2) is 22.7 Å². The van der Waals surface area contributed by atoms with Crippen molar-refractivity contribution in [2.24, 2.45) is 0 Å². The Hall–Kier alpha value is -1.94. The van der Waals surface area contributed by atoms with E-state index in [2.05, 4.69) is 15.9 Å². The van der Waals surface area contributed by atoms with Crippen LogP contribution < -0.4 is 4.74 Å². The molecule has 12 heteroatoms. The molecule has 0 saturated carbocycles. The van der Waals surface area contributed by atoms with Gasteiger partial charge in [-0.1, -0.05) is 15.9 Å². The van der Waals surface area contributed by atoms with Gasteiger partial charge in [-0.15, -0.1) is 0 Å². The van der Waals surface area contributed by atoms with Crippen molar-refractivity contribution in [3.8, 4) is 5.75 Å². The zero-order valence-electron chi connectivity index (χ0n) is 19.0. The van der Waals surface area contributed by atoms with Gasteiger partial charge in [0.05, 0.1) is 25.8 Å². The van der Waals surface area contributed by atoms with Crippen molar-refractivity contribution < 1.29 is 37.8 Å². The van der Waals surface area contributed by atoms with E-state index in [1.165, 1.54) is 18.0 Å². The lowest BCUT2D eigenvalue weighted by atomic mass is 10.2. The minimum atomic E-state index is -3.56. The molecule has 1 aromatic carbocycles. The molecule has 184 valence electrons. The molecule has 1 heterocycles. The van der Waals surface area contributed by atoms with Gasteiger partial charge in [0.15, 0.2) is 0 Å². The van der Waals surface area contributed by atoms with Crippen LogP contribution in [0.5, 0.6) is 5.75 Å². The molecule has 0 bridgehead atoms. The normalized spacial score (nSPS) is 16.0. The fourth-order valence-corrected chi connectivity index (χ4v) is 5.46. The van der Waals surface area contributed by atoms with Crippen molar-refractivity contribution >= 4 is 41.3 Å². The summed E-state index contributed by atoms with van der Waals surface area (Å²) < 4.78 is 29.3. The summed E-state index contributed by atoms with van der Waals surface area (Å²) in [5.41, 5.74) is 0.0347. The average molecular weight is 549 g/mol. The average Bonchev–Trinajstić information content (AvgIpc) is 3.21. The molecule has 1 saturated heterocycles. The van der Waals surface area contributed by atoms with Crippen LogP contribution in [0.4, 0.5) is 0 Å². The van der Waals surface area contributed by atoms with E-state index in [9.17, 15) is 24.1 Å². The predicted octanol–water partition coefficient (Wildman–Crippen LogP) is 3.24. The Bertz CT molecular complexity index is 902. The minimum Gasteiger partial charge on any atom is -0.490 e. The highest BCUT2D eigenvalue weighted by atomic mass is 79.9. The summed E-state index contributed by atoms with van der Waals surface area (Å²) in [5, 5.41) is 9.35.